The van der Waals surface area contributed by atoms with Crippen LogP contribution in [0.25, 0.3) is 0 Å². The van der Waals surface area contributed by atoms with Gasteiger partial charge in [-0.2, -0.15) is 0 Å². The summed E-state index contributed by atoms with van der Waals surface area (Å²) in [7, 11) is 3.17. The highest BCUT2D eigenvalue weighted by atomic mass is 16.7. The zero-order valence-electron chi connectivity index (χ0n) is 13.6. The molecule has 6 nitrogen and oxygen atoms in total. The summed E-state index contributed by atoms with van der Waals surface area (Å²) in [5.41, 5.74) is 0.659. The Balaban J connectivity index is 1.61. The number of carbonyl (C=O) groups excluding carboxylic acids is 1. The van der Waals surface area contributed by atoms with Crippen molar-refractivity contribution in [2.24, 2.45) is 5.92 Å². The molecule has 1 spiro atoms. The summed E-state index contributed by atoms with van der Waals surface area (Å²) in [6.07, 6.45) is 3.07. The van der Waals surface area contributed by atoms with Gasteiger partial charge in [-0.25, -0.2) is 0 Å². The molecule has 126 valence electrons. The highest BCUT2D eigenvalue weighted by Crippen LogP contribution is 2.39. The summed E-state index contributed by atoms with van der Waals surface area (Å²) >= 11 is 0. The van der Waals surface area contributed by atoms with Gasteiger partial charge in [-0.3, -0.25) is 4.79 Å². The molecule has 1 heterocycles. The Labute approximate surface area is 136 Å². The van der Waals surface area contributed by atoms with E-state index >= 15 is 0 Å². The van der Waals surface area contributed by atoms with E-state index in [4.69, 9.17) is 18.9 Å². The van der Waals surface area contributed by atoms with Crippen LogP contribution >= 0.6 is 0 Å². The summed E-state index contributed by atoms with van der Waals surface area (Å²) in [6, 6.07) is 5.35. The number of methoxy groups -OCH3 is 2. The second-order valence-electron chi connectivity index (χ2n) is 5.94. The Morgan fingerprint density at radius 1 is 1.17 bits per heavy atom. The number of amides is 1. The third-order valence-electron chi connectivity index (χ3n) is 4.60. The molecule has 23 heavy (non-hydrogen) atoms. The molecule has 6 heteroatoms. The minimum absolute atomic E-state index is 0.0151. The standard InChI is InChI=1S/C17H23NO5/c1-20-13-3-4-14(15(11-13)21-2)18-16(19)12-5-7-17(8-6-12)22-9-10-23-17/h3-4,11-12H,5-10H2,1-2H3,(H,18,19). The SMILES string of the molecule is COc1ccc(NC(=O)C2CCC3(CC2)OCCO3)c(OC)c1. The first kappa shape index (κ1) is 16.1. The first-order chi connectivity index (χ1) is 11.2. The third kappa shape index (κ3) is 3.43. The van der Waals surface area contributed by atoms with Gasteiger partial charge in [-0.1, -0.05) is 0 Å². The summed E-state index contributed by atoms with van der Waals surface area (Å²) in [4.78, 5) is 12.5. The van der Waals surface area contributed by atoms with E-state index in [1.807, 2.05) is 0 Å². The van der Waals surface area contributed by atoms with Gasteiger partial charge >= 0.3 is 0 Å². The fourth-order valence-electron chi connectivity index (χ4n) is 3.24. The molecule has 1 amide bonds. The molecule has 2 aliphatic rings. The van der Waals surface area contributed by atoms with E-state index in [1.54, 1.807) is 32.4 Å². The van der Waals surface area contributed by atoms with Gasteiger partial charge in [0.05, 0.1) is 33.1 Å². The lowest BCUT2D eigenvalue weighted by Gasteiger charge is -2.34. The lowest BCUT2D eigenvalue weighted by Crippen LogP contribution is -2.38. The van der Waals surface area contributed by atoms with E-state index in [-0.39, 0.29) is 11.8 Å². The predicted molar refractivity (Wildman–Crippen MR) is 84.8 cm³/mol. The van der Waals surface area contributed by atoms with Gasteiger partial charge < -0.3 is 24.3 Å². The molecule has 0 radical (unpaired) electrons. The monoisotopic (exact) mass is 321 g/mol. The van der Waals surface area contributed by atoms with Crippen LogP contribution in [0.4, 0.5) is 5.69 Å². The minimum Gasteiger partial charge on any atom is -0.497 e. The van der Waals surface area contributed by atoms with Crippen molar-refractivity contribution in [1.29, 1.82) is 0 Å². The van der Waals surface area contributed by atoms with Crippen LogP contribution < -0.4 is 14.8 Å². The topological polar surface area (TPSA) is 66.0 Å². The fraction of sp³-hybridized carbons (Fsp3) is 0.588. The van der Waals surface area contributed by atoms with Crippen molar-refractivity contribution in [1.82, 2.24) is 0 Å². The number of ether oxygens (including phenoxy) is 4. The number of hydrogen-bond acceptors (Lipinski definition) is 5. The van der Waals surface area contributed by atoms with E-state index in [9.17, 15) is 4.79 Å². The molecule has 0 atom stereocenters. The van der Waals surface area contributed by atoms with Crippen LogP contribution in [-0.4, -0.2) is 39.1 Å². The molecule has 1 aromatic carbocycles. The van der Waals surface area contributed by atoms with Crippen LogP contribution in [0.2, 0.25) is 0 Å². The average Bonchev–Trinajstić information content (AvgIpc) is 3.03. The quantitative estimate of drug-likeness (QED) is 0.923. The zero-order valence-corrected chi connectivity index (χ0v) is 13.6. The Kier molecular flexibility index (Phi) is 4.73. The summed E-state index contributed by atoms with van der Waals surface area (Å²) in [5.74, 6) is 0.832. The molecule has 1 aliphatic heterocycles. The van der Waals surface area contributed by atoms with Crippen LogP contribution in [0.3, 0.4) is 0 Å². The predicted octanol–water partition coefficient (Wildman–Crippen LogP) is 2.58. The normalized spacial score (nSPS) is 20.4. The molecule has 2 fully saturated rings. The number of anilines is 1. The highest BCUT2D eigenvalue weighted by Gasteiger charge is 2.41. The maximum Gasteiger partial charge on any atom is 0.227 e. The summed E-state index contributed by atoms with van der Waals surface area (Å²) in [6.45, 7) is 1.31. The number of hydrogen-bond donors (Lipinski definition) is 1. The van der Waals surface area contributed by atoms with Crippen LogP contribution in [0.5, 0.6) is 11.5 Å². The van der Waals surface area contributed by atoms with E-state index in [2.05, 4.69) is 5.32 Å². The van der Waals surface area contributed by atoms with Crippen molar-refractivity contribution >= 4 is 11.6 Å². The molecule has 0 unspecified atom stereocenters. The molecule has 1 aromatic rings. The van der Waals surface area contributed by atoms with Crippen LogP contribution in [0.15, 0.2) is 18.2 Å². The van der Waals surface area contributed by atoms with Gasteiger partial charge in [-0.05, 0) is 25.0 Å². The number of rotatable bonds is 4. The lowest BCUT2D eigenvalue weighted by atomic mass is 9.84. The maximum atomic E-state index is 12.5. The molecule has 0 bridgehead atoms. The summed E-state index contributed by atoms with van der Waals surface area (Å²) in [5, 5.41) is 2.96. The fourth-order valence-corrected chi connectivity index (χ4v) is 3.24. The van der Waals surface area contributed by atoms with E-state index < -0.39 is 5.79 Å². The molecule has 1 aliphatic carbocycles. The van der Waals surface area contributed by atoms with Gasteiger partial charge in [0, 0.05) is 24.8 Å². The van der Waals surface area contributed by atoms with Gasteiger partial charge in [-0.15, -0.1) is 0 Å². The smallest absolute Gasteiger partial charge is 0.227 e. The van der Waals surface area contributed by atoms with Gasteiger partial charge in [0.25, 0.3) is 0 Å². The molecule has 1 N–H and O–H groups in total. The Bertz CT molecular complexity index is 558. The largest absolute Gasteiger partial charge is 0.497 e. The van der Waals surface area contributed by atoms with E-state index in [0.29, 0.717) is 30.4 Å². The number of benzene rings is 1. The second-order valence-corrected chi connectivity index (χ2v) is 5.94. The first-order valence-corrected chi connectivity index (χ1v) is 7.96. The molecule has 1 saturated heterocycles. The average molecular weight is 321 g/mol. The number of carbonyl (C=O) groups is 1. The van der Waals surface area contributed by atoms with Crippen molar-refractivity contribution in [2.45, 2.75) is 31.5 Å². The molecule has 0 aromatic heterocycles. The van der Waals surface area contributed by atoms with Crippen molar-refractivity contribution in [3.8, 4) is 11.5 Å². The van der Waals surface area contributed by atoms with Crippen molar-refractivity contribution in [3.05, 3.63) is 18.2 Å². The molecule has 1 saturated carbocycles. The van der Waals surface area contributed by atoms with Crippen molar-refractivity contribution in [3.63, 3.8) is 0 Å². The van der Waals surface area contributed by atoms with E-state index in [0.717, 1.165) is 25.7 Å². The van der Waals surface area contributed by atoms with Crippen molar-refractivity contribution in [2.75, 3.05) is 32.8 Å². The van der Waals surface area contributed by atoms with Crippen LogP contribution in [-0.2, 0) is 14.3 Å². The molecule has 3 rings (SSSR count). The lowest BCUT2D eigenvalue weighted by molar-refractivity contribution is -0.182. The van der Waals surface area contributed by atoms with Gasteiger partial charge in [0.15, 0.2) is 5.79 Å². The second kappa shape index (κ2) is 6.76. The Hall–Kier alpha value is -1.79. The maximum absolute atomic E-state index is 12.5. The Morgan fingerprint density at radius 3 is 2.48 bits per heavy atom. The van der Waals surface area contributed by atoms with Crippen molar-refractivity contribution < 1.29 is 23.7 Å². The van der Waals surface area contributed by atoms with Crippen LogP contribution in [0.1, 0.15) is 25.7 Å². The minimum atomic E-state index is -0.436. The third-order valence-corrected chi connectivity index (χ3v) is 4.60. The summed E-state index contributed by atoms with van der Waals surface area (Å²) < 4.78 is 21.9. The molecular weight excluding hydrogens is 298 g/mol. The highest BCUT2D eigenvalue weighted by molar-refractivity contribution is 5.94. The zero-order chi connectivity index (χ0) is 16.3. The van der Waals surface area contributed by atoms with Gasteiger partial charge in [0.1, 0.15) is 11.5 Å². The first-order valence-electron chi connectivity index (χ1n) is 7.96. The number of nitrogens with one attached hydrogen (secondary N) is 1. The van der Waals surface area contributed by atoms with E-state index in [1.165, 1.54) is 0 Å². The molecular formula is C17H23NO5. The van der Waals surface area contributed by atoms with Gasteiger partial charge in [0.2, 0.25) is 5.91 Å². The van der Waals surface area contributed by atoms with Crippen LogP contribution in [0, 0.1) is 5.92 Å². The Morgan fingerprint density at radius 2 is 1.87 bits per heavy atom.